The fraction of sp³-hybridized carbons (Fsp3) is 0.429. The minimum absolute atomic E-state index is 0.683. The number of para-hydroxylation sites is 1. The SMILES string of the molecule is CCCOc1cccc(N2CCn3cnnc3C2)c1N. The van der Waals surface area contributed by atoms with Gasteiger partial charge in [0.15, 0.2) is 5.82 Å². The van der Waals surface area contributed by atoms with Crippen molar-refractivity contribution in [2.75, 3.05) is 23.8 Å². The van der Waals surface area contributed by atoms with Gasteiger partial charge in [-0.2, -0.15) is 0 Å². The quantitative estimate of drug-likeness (QED) is 0.858. The molecule has 0 spiro atoms. The Hall–Kier alpha value is -2.24. The minimum atomic E-state index is 0.683. The number of aromatic nitrogens is 3. The Kier molecular flexibility index (Phi) is 3.45. The van der Waals surface area contributed by atoms with E-state index in [9.17, 15) is 0 Å². The summed E-state index contributed by atoms with van der Waals surface area (Å²) in [5, 5.41) is 8.08. The van der Waals surface area contributed by atoms with E-state index in [-0.39, 0.29) is 0 Å². The van der Waals surface area contributed by atoms with Crippen LogP contribution in [0, 0.1) is 0 Å². The van der Waals surface area contributed by atoms with Gasteiger partial charge in [0, 0.05) is 13.1 Å². The number of fused-ring (bicyclic) bond motifs is 1. The summed E-state index contributed by atoms with van der Waals surface area (Å²) in [4.78, 5) is 2.22. The van der Waals surface area contributed by atoms with Crippen LogP contribution in [0.2, 0.25) is 0 Å². The normalized spacial score (nSPS) is 14.2. The van der Waals surface area contributed by atoms with Crippen molar-refractivity contribution in [3.05, 3.63) is 30.4 Å². The molecule has 106 valence electrons. The average Bonchev–Trinajstić information content (AvgIpc) is 2.93. The summed E-state index contributed by atoms with van der Waals surface area (Å²) in [6.45, 7) is 5.26. The van der Waals surface area contributed by atoms with Gasteiger partial charge in [0.25, 0.3) is 0 Å². The summed E-state index contributed by atoms with van der Waals surface area (Å²) in [5.41, 5.74) is 7.95. The van der Waals surface area contributed by atoms with Gasteiger partial charge in [-0.25, -0.2) is 0 Å². The van der Waals surface area contributed by atoms with Gasteiger partial charge in [-0.3, -0.25) is 0 Å². The van der Waals surface area contributed by atoms with Crippen LogP contribution >= 0.6 is 0 Å². The number of nitrogens with two attached hydrogens (primary N) is 1. The van der Waals surface area contributed by atoms with Crippen molar-refractivity contribution in [3.63, 3.8) is 0 Å². The van der Waals surface area contributed by atoms with Crippen molar-refractivity contribution in [3.8, 4) is 5.75 Å². The van der Waals surface area contributed by atoms with E-state index >= 15 is 0 Å². The lowest BCUT2D eigenvalue weighted by atomic mass is 10.2. The lowest BCUT2D eigenvalue weighted by Gasteiger charge is -2.30. The Balaban J connectivity index is 1.84. The average molecular weight is 273 g/mol. The number of nitrogens with zero attached hydrogens (tertiary/aromatic N) is 4. The molecule has 1 aliphatic heterocycles. The molecule has 0 fully saturated rings. The smallest absolute Gasteiger partial charge is 0.152 e. The molecule has 6 heteroatoms. The molecule has 6 nitrogen and oxygen atoms in total. The Morgan fingerprint density at radius 2 is 2.25 bits per heavy atom. The second kappa shape index (κ2) is 5.40. The van der Waals surface area contributed by atoms with Gasteiger partial charge in [-0.1, -0.05) is 13.0 Å². The first-order valence-electron chi connectivity index (χ1n) is 6.92. The molecular weight excluding hydrogens is 254 g/mol. The molecule has 1 aromatic heterocycles. The standard InChI is InChI=1S/C14H19N5O/c1-2-8-20-12-5-3-4-11(14(12)15)18-6-7-19-10-16-17-13(19)9-18/h3-5,10H,2,6-9,15H2,1H3. The Morgan fingerprint density at radius 3 is 3.10 bits per heavy atom. The molecule has 0 atom stereocenters. The molecule has 1 aliphatic rings. The maximum Gasteiger partial charge on any atom is 0.152 e. The fourth-order valence-corrected chi connectivity index (χ4v) is 2.42. The zero-order chi connectivity index (χ0) is 13.9. The number of rotatable bonds is 4. The summed E-state index contributed by atoms with van der Waals surface area (Å²) >= 11 is 0. The summed E-state index contributed by atoms with van der Waals surface area (Å²) < 4.78 is 7.76. The van der Waals surface area contributed by atoms with Gasteiger partial charge < -0.3 is 19.9 Å². The fourth-order valence-electron chi connectivity index (χ4n) is 2.42. The number of anilines is 2. The van der Waals surface area contributed by atoms with Gasteiger partial charge in [-0.15, -0.1) is 10.2 Å². The third kappa shape index (κ3) is 2.29. The van der Waals surface area contributed by atoms with E-state index in [0.29, 0.717) is 12.3 Å². The number of nitrogen functional groups attached to an aromatic ring is 1. The first kappa shape index (κ1) is 12.8. The summed E-state index contributed by atoms with van der Waals surface area (Å²) in [6.07, 6.45) is 2.74. The Morgan fingerprint density at radius 1 is 1.35 bits per heavy atom. The topological polar surface area (TPSA) is 69.2 Å². The van der Waals surface area contributed by atoms with Crippen LogP contribution < -0.4 is 15.4 Å². The summed E-state index contributed by atoms with van der Waals surface area (Å²) in [6, 6.07) is 5.93. The molecule has 3 rings (SSSR count). The Bertz CT molecular complexity index is 595. The molecule has 2 aromatic rings. The summed E-state index contributed by atoms with van der Waals surface area (Å²) in [7, 11) is 0. The largest absolute Gasteiger partial charge is 0.491 e. The number of ether oxygens (including phenoxy) is 1. The molecule has 2 N–H and O–H groups in total. The molecule has 0 radical (unpaired) electrons. The molecule has 0 unspecified atom stereocenters. The van der Waals surface area contributed by atoms with E-state index in [0.717, 1.165) is 43.3 Å². The van der Waals surface area contributed by atoms with Crippen LogP contribution in [-0.4, -0.2) is 27.9 Å². The number of hydrogen-bond acceptors (Lipinski definition) is 5. The van der Waals surface area contributed by atoms with Gasteiger partial charge in [-0.05, 0) is 18.6 Å². The van der Waals surface area contributed by atoms with Crippen LogP contribution in [0.3, 0.4) is 0 Å². The predicted molar refractivity (Wildman–Crippen MR) is 77.7 cm³/mol. The van der Waals surface area contributed by atoms with E-state index < -0.39 is 0 Å². The van der Waals surface area contributed by atoms with E-state index in [1.165, 1.54) is 0 Å². The molecule has 20 heavy (non-hydrogen) atoms. The third-order valence-corrected chi connectivity index (χ3v) is 3.48. The highest BCUT2D eigenvalue weighted by Gasteiger charge is 2.20. The molecule has 0 bridgehead atoms. The lowest BCUT2D eigenvalue weighted by molar-refractivity contribution is 0.319. The number of hydrogen-bond donors (Lipinski definition) is 1. The molecule has 0 saturated heterocycles. The van der Waals surface area contributed by atoms with Crippen LogP contribution in [0.1, 0.15) is 19.2 Å². The zero-order valence-electron chi connectivity index (χ0n) is 11.6. The Labute approximate surface area is 118 Å². The number of benzene rings is 1. The summed E-state index contributed by atoms with van der Waals surface area (Å²) in [5.74, 6) is 1.73. The van der Waals surface area contributed by atoms with Gasteiger partial charge in [0.05, 0.1) is 24.5 Å². The van der Waals surface area contributed by atoms with E-state index in [4.69, 9.17) is 10.5 Å². The monoisotopic (exact) mass is 273 g/mol. The van der Waals surface area contributed by atoms with Crippen molar-refractivity contribution < 1.29 is 4.74 Å². The molecule has 0 aliphatic carbocycles. The maximum atomic E-state index is 6.24. The van der Waals surface area contributed by atoms with Crippen molar-refractivity contribution in [1.82, 2.24) is 14.8 Å². The van der Waals surface area contributed by atoms with Gasteiger partial charge >= 0.3 is 0 Å². The van der Waals surface area contributed by atoms with Gasteiger partial charge in [0.2, 0.25) is 0 Å². The van der Waals surface area contributed by atoms with Crippen LogP contribution in [0.25, 0.3) is 0 Å². The van der Waals surface area contributed by atoms with Crippen LogP contribution in [-0.2, 0) is 13.1 Å². The van der Waals surface area contributed by atoms with Crippen molar-refractivity contribution in [2.24, 2.45) is 0 Å². The van der Waals surface area contributed by atoms with Crippen molar-refractivity contribution in [1.29, 1.82) is 0 Å². The molecule has 0 saturated carbocycles. The third-order valence-electron chi connectivity index (χ3n) is 3.48. The van der Waals surface area contributed by atoms with E-state index in [2.05, 4.69) is 26.6 Å². The second-order valence-electron chi connectivity index (χ2n) is 4.90. The van der Waals surface area contributed by atoms with Crippen molar-refractivity contribution >= 4 is 11.4 Å². The van der Waals surface area contributed by atoms with E-state index in [1.54, 1.807) is 6.33 Å². The van der Waals surface area contributed by atoms with Crippen LogP contribution in [0.4, 0.5) is 11.4 Å². The molecule has 0 amide bonds. The van der Waals surface area contributed by atoms with Gasteiger partial charge in [0.1, 0.15) is 12.1 Å². The predicted octanol–water partition coefficient (Wildman–Crippen LogP) is 1.67. The highest BCUT2D eigenvalue weighted by Crippen LogP contribution is 2.33. The first-order valence-corrected chi connectivity index (χ1v) is 6.92. The van der Waals surface area contributed by atoms with Crippen molar-refractivity contribution in [2.45, 2.75) is 26.4 Å². The highest BCUT2D eigenvalue weighted by atomic mass is 16.5. The maximum absolute atomic E-state index is 6.24. The molecule has 1 aromatic carbocycles. The highest BCUT2D eigenvalue weighted by molar-refractivity contribution is 5.74. The zero-order valence-corrected chi connectivity index (χ0v) is 11.6. The lowest BCUT2D eigenvalue weighted by Crippen LogP contribution is -2.34. The van der Waals surface area contributed by atoms with Crippen LogP contribution in [0.5, 0.6) is 5.75 Å². The van der Waals surface area contributed by atoms with Crippen LogP contribution in [0.15, 0.2) is 24.5 Å². The second-order valence-corrected chi connectivity index (χ2v) is 4.90. The molecule has 2 heterocycles. The van der Waals surface area contributed by atoms with E-state index in [1.807, 2.05) is 18.2 Å². The minimum Gasteiger partial charge on any atom is -0.491 e. The first-order chi connectivity index (χ1) is 9.79. The molecular formula is C14H19N5O.